The van der Waals surface area contributed by atoms with Crippen LogP contribution in [0.5, 0.6) is 0 Å². The van der Waals surface area contributed by atoms with Gasteiger partial charge in [0.1, 0.15) is 29.9 Å². The summed E-state index contributed by atoms with van der Waals surface area (Å²) < 4.78 is 1.79. The number of aromatic nitrogens is 6. The Morgan fingerprint density at radius 2 is 1.92 bits per heavy atom. The van der Waals surface area contributed by atoms with Gasteiger partial charge in [-0.3, -0.25) is 4.57 Å². The van der Waals surface area contributed by atoms with Crippen LogP contribution in [0.25, 0.3) is 28.0 Å². The van der Waals surface area contributed by atoms with E-state index in [2.05, 4.69) is 43.7 Å². The van der Waals surface area contributed by atoms with Gasteiger partial charge in [-0.25, -0.2) is 9.97 Å². The van der Waals surface area contributed by atoms with Gasteiger partial charge in [-0.05, 0) is 42.7 Å². The number of fused-ring (bicyclic) bond motifs is 1. The Morgan fingerprint density at radius 3 is 2.69 bits per heavy atom. The van der Waals surface area contributed by atoms with Crippen LogP contribution >= 0.6 is 0 Å². The fraction of sp³-hybridized carbons (Fsp3) is 0.263. The van der Waals surface area contributed by atoms with Crippen molar-refractivity contribution < 1.29 is 0 Å². The van der Waals surface area contributed by atoms with E-state index in [4.69, 9.17) is 4.98 Å². The maximum absolute atomic E-state index is 4.74. The molecule has 4 aromatic rings. The van der Waals surface area contributed by atoms with Gasteiger partial charge in [-0.1, -0.05) is 12.8 Å². The van der Waals surface area contributed by atoms with Crippen LogP contribution in [0.1, 0.15) is 25.7 Å². The van der Waals surface area contributed by atoms with E-state index in [0.29, 0.717) is 6.04 Å². The molecule has 4 aromatic heterocycles. The van der Waals surface area contributed by atoms with Gasteiger partial charge in [0.05, 0.1) is 0 Å². The van der Waals surface area contributed by atoms with E-state index in [1.165, 1.54) is 25.7 Å². The topological polar surface area (TPSA) is 84.3 Å². The Kier molecular flexibility index (Phi) is 3.62. The van der Waals surface area contributed by atoms with Gasteiger partial charge in [0, 0.05) is 29.4 Å². The summed E-state index contributed by atoms with van der Waals surface area (Å²) in [7, 11) is 0. The minimum atomic E-state index is 0.525. The standard InChI is InChI=1S/C19H19N7/c1-2-4-14(3-1)24-17-9-16(15-7-8-20-19(15)25-17)13-5-6-18(21-10-13)26-11-22-23-12-26/h5-12,14H,1-4H2,(H2,20,24,25). The summed E-state index contributed by atoms with van der Waals surface area (Å²) in [6, 6.07) is 8.76. The van der Waals surface area contributed by atoms with Crippen LogP contribution in [0, 0.1) is 0 Å². The van der Waals surface area contributed by atoms with Crippen molar-refractivity contribution in [3.63, 3.8) is 0 Å². The SMILES string of the molecule is c1cc2c(-c3ccc(-n4cnnc4)nc3)cc(NC3CCCC3)nc2[nH]1. The van der Waals surface area contributed by atoms with Gasteiger partial charge in [0.2, 0.25) is 0 Å². The largest absolute Gasteiger partial charge is 0.367 e. The second kappa shape index (κ2) is 6.25. The molecule has 0 amide bonds. The molecule has 0 unspecified atom stereocenters. The summed E-state index contributed by atoms with van der Waals surface area (Å²) >= 11 is 0. The van der Waals surface area contributed by atoms with Crippen molar-refractivity contribution in [1.29, 1.82) is 0 Å². The van der Waals surface area contributed by atoms with E-state index < -0.39 is 0 Å². The second-order valence-corrected chi connectivity index (χ2v) is 6.69. The molecule has 0 spiro atoms. The molecular weight excluding hydrogens is 326 g/mol. The molecule has 0 atom stereocenters. The average molecular weight is 345 g/mol. The first kappa shape index (κ1) is 15.1. The van der Waals surface area contributed by atoms with E-state index >= 15 is 0 Å². The van der Waals surface area contributed by atoms with E-state index in [-0.39, 0.29) is 0 Å². The molecule has 1 saturated carbocycles. The summed E-state index contributed by atoms with van der Waals surface area (Å²) in [4.78, 5) is 12.5. The molecule has 1 fully saturated rings. The lowest BCUT2D eigenvalue weighted by Crippen LogP contribution is -2.15. The van der Waals surface area contributed by atoms with Crippen LogP contribution in [0.2, 0.25) is 0 Å². The fourth-order valence-corrected chi connectivity index (χ4v) is 3.65. The third-order valence-corrected chi connectivity index (χ3v) is 4.98. The van der Waals surface area contributed by atoms with Gasteiger partial charge in [-0.2, -0.15) is 0 Å². The summed E-state index contributed by atoms with van der Waals surface area (Å²) in [6.07, 6.45) is 12.1. The Hall–Kier alpha value is -3.22. The minimum absolute atomic E-state index is 0.525. The lowest BCUT2D eigenvalue weighted by Gasteiger charge is -2.14. The maximum Gasteiger partial charge on any atom is 0.140 e. The molecule has 1 aliphatic rings. The summed E-state index contributed by atoms with van der Waals surface area (Å²) in [5.41, 5.74) is 3.08. The fourth-order valence-electron chi connectivity index (χ4n) is 3.65. The summed E-state index contributed by atoms with van der Waals surface area (Å²) in [5, 5.41) is 12.3. The average Bonchev–Trinajstić information content (AvgIpc) is 3.43. The zero-order valence-corrected chi connectivity index (χ0v) is 14.3. The van der Waals surface area contributed by atoms with Crippen molar-refractivity contribution in [2.75, 3.05) is 5.32 Å². The minimum Gasteiger partial charge on any atom is -0.367 e. The molecule has 1 aliphatic carbocycles. The normalized spacial score (nSPS) is 14.9. The Morgan fingerprint density at radius 1 is 1.08 bits per heavy atom. The highest BCUT2D eigenvalue weighted by Gasteiger charge is 2.16. The molecule has 0 saturated heterocycles. The van der Waals surface area contributed by atoms with Crippen LogP contribution in [-0.4, -0.2) is 35.8 Å². The zero-order valence-electron chi connectivity index (χ0n) is 14.3. The van der Waals surface area contributed by atoms with Gasteiger partial charge in [-0.15, -0.1) is 10.2 Å². The number of hydrogen-bond acceptors (Lipinski definition) is 5. The molecule has 0 bridgehead atoms. The van der Waals surface area contributed by atoms with Crippen molar-refractivity contribution in [2.24, 2.45) is 0 Å². The summed E-state index contributed by atoms with van der Waals surface area (Å²) in [6.45, 7) is 0. The Balaban J connectivity index is 1.53. The lowest BCUT2D eigenvalue weighted by atomic mass is 10.1. The molecule has 4 heterocycles. The first-order chi connectivity index (χ1) is 12.9. The monoisotopic (exact) mass is 345 g/mol. The lowest BCUT2D eigenvalue weighted by molar-refractivity contribution is 0.751. The number of rotatable bonds is 4. The second-order valence-electron chi connectivity index (χ2n) is 6.69. The quantitative estimate of drug-likeness (QED) is 0.591. The molecular formula is C19H19N7. The zero-order chi connectivity index (χ0) is 17.3. The Labute approximate surface area is 150 Å². The predicted molar refractivity (Wildman–Crippen MR) is 100 cm³/mol. The smallest absolute Gasteiger partial charge is 0.140 e. The van der Waals surface area contributed by atoms with Crippen molar-refractivity contribution in [3.05, 3.63) is 49.3 Å². The van der Waals surface area contributed by atoms with Gasteiger partial charge < -0.3 is 10.3 Å². The predicted octanol–water partition coefficient (Wildman–Crippen LogP) is 3.56. The number of aromatic amines is 1. The molecule has 7 nitrogen and oxygen atoms in total. The van der Waals surface area contributed by atoms with Crippen LogP contribution in [-0.2, 0) is 0 Å². The van der Waals surface area contributed by atoms with E-state index in [1.807, 2.05) is 18.5 Å². The number of H-pyrrole nitrogens is 1. The van der Waals surface area contributed by atoms with E-state index in [9.17, 15) is 0 Å². The van der Waals surface area contributed by atoms with Gasteiger partial charge in [0.15, 0.2) is 0 Å². The number of nitrogens with zero attached hydrogens (tertiary/aromatic N) is 5. The highest BCUT2D eigenvalue weighted by molar-refractivity contribution is 5.94. The molecule has 0 aliphatic heterocycles. The van der Waals surface area contributed by atoms with Crippen molar-refractivity contribution in [1.82, 2.24) is 29.7 Å². The van der Waals surface area contributed by atoms with Crippen LogP contribution in [0.4, 0.5) is 5.82 Å². The molecule has 130 valence electrons. The number of hydrogen-bond donors (Lipinski definition) is 2. The summed E-state index contributed by atoms with van der Waals surface area (Å²) in [5.74, 6) is 1.71. The van der Waals surface area contributed by atoms with Gasteiger partial charge >= 0.3 is 0 Å². The third-order valence-electron chi connectivity index (χ3n) is 4.98. The van der Waals surface area contributed by atoms with Gasteiger partial charge in [0.25, 0.3) is 0 Å². The van der Waals surface area contributed by atoms with Crippen LogP contribution in [0.15, 0.2) is 49.3 Å². The van der Waals surface area contributed by atoms with Crippen molar-refractivity contribution in [3.8, 4) is 16.9 Å². The molecule has 7 heteroatoms. The van der Waals surface area contributed by atoms with Crippen molar-refractivity contribution in [2.45, 2.75) is 31.7 Å². The first-order valence-electron chi connectivity index (χ1n) is 8.93. The molecule has 0 radical (unpaired) electrons. The maximum atomic E-state index is 4.74. The molecule has 0 aromatic carbocycles. The Bertz CT molecular complexity index is 1010. The molecule has 26 heavy (non-hydrogen) atoms. The van der Waals surface area contributed by atoms with Crippen LogP contribution in [0.3, 0.4) is 0 Å². The van der Waals surface area contributed by atoms with Crippen molar-refractivity contribution >= 4 is 16.9 Å². The number of pyridine rings is 2. The number of nitrogens with one attached hydrogen (secondary N) is 2. The third kappa shape index (κ3) is 2.71. The molecule has 2 N–H and O–H groups in total. The number of anilines is 1. The van der Waals surface area contributed by atoms with E-state index in [0.717, 1.165) is 33.8 Å². The highest BCUT2D eigenvalue weighted by Crippen LogP contribution is 2.31. The first-order valence-corrected chi connectivity index (χ1v) is 8.93. The highest BCUT2D eigenvalue weighted by atomic mass is 15.2. The molecule has 5 rings (SSSR count). The van der Waals surface area contributed by atoms with E-state index in [1.54, 1.807) is 17.2 Å². The van der Waals surface area contributed by atoms with Crippen LogP contribution < -0.4 is 5.32 Å².